The Hall–Kier alpha value is -3.42. The van der Waals surface area contributed by atoms with E-state index < -0.39 is 23.2 Å². The lowest BCUT2D eigenvalue weighted by atomic mass is 9.92. The molecule has 1 aliphatic heterocycles. The van der Waals surface area contributed by atoms with E-state index in [2.05, 4.69) is 16.9 Å². The van der Waals surface area contributed by atoms with Crippen LogP contribution in [0.2, 0.25) is 0 Å². The van der Waals surface area contributed by atoms with Gasteiger partial charge in [-0.3, -0.25) is 14.7 Å². The maximum Gasteiger partial charge on any atom is 0.412 e. The number of hydrogen-bond donors (Lipinski definition) is 2. The Balaban J connectivity index is 1.82. The summed E-state index contributed by atoms with van der Waals surface area (Å²) in [5, 5.41) is 12.1. The average molecular weight is 369 g/mol. The van der Waals surface area contributed by atoms with Gasteiger partial charge in [0.25, 0.3) is 5.56 Å². The highest BCUT2D eigenvalue weighted by Gasteiger charge is 2.46. The summed E-state index contributed by atoms with van der Waals surface area (Å²) in [5.74, 6) is -0.763. The number of carbonyl (C=O) groups is 2. The first-order valence-corrected chi connectivity index (χ1v) is 8.41. The van der Waals surface area contributed by atoms with Gasteiger partial charge in [0, 0.05) is 6.42 Å². The van der Waals surface area contributed by atoms with Gasteiger partial charge in [0.15, 0.2) is 5.54 Å². The highest BCUT2D eigenvalue weighted by molar-refractivity contribution is 5.84. The lowest BCUT2D eigenvalue weighted by Gasteiger charge is -2.25. The van der Waals surface area contributed by atoms with Crippen LogP contribution in [0.25, 0.3) is 0 Å². The van der Waals surface area contributed by atoms with Gasteiger partial charge in [0.1, 0.15) is 18.1 Å². The summed E-state index contributed by atoms with van der Waals surface area (Å²) in [7, 11) is 0. The topological polar surface area (TPSA) is 111 Å². The Morgan fingerprint density at radius 2 is 2.11 bits per heavy atom. The van der Waals surface area contributed by atoms with Crippen molar-refractivity contribution in [1.29, 1.82) is 0 Å². The molecule has 0 saturated carbocycles. The zero-order valence-corrected chi connectivity index (χ0v) is 14.6. The summed E-state index contributed by atoms with van der Waals surface area (Å²) >= 11 is 0. The van der Waals surface area contributed by atoms with E-state index >= 15 is 0 Å². The minimum absolute atomic E-state index is 0.0436. The summed E-state index contributed by atoms with van der Waals surface area (Å²) in [4.78, 5) is 40.9. The number of carboxylic acids is 1. The number of benzene rings is 1. The molecule has 0 spiro atoms. The molecular formula is C19H19N3O5. The van der Waals surface area contributed by atoms with Gasteiger partial charge in [-0.1, -0.05) is 36.4 Å². The van der Waals surface area contributed by atoms with Gasteiger partial charge in [-0.25, -0.2) is 14.6 Å². The van der Waals surface area contributed by atoms with E-state index in [-0.39, 0.29) is 25.1 Å². The molecule has 1 aliphatic rings. The molecule has 0 saturated heterocycles. The number of hydrogen-bond acceptors (Lipinski definition) is 5. The SMILES string of the molecule is C=CCC1(C(=O)O)CCc2ncc(NC(=O)OCc3ccccc3)c(=O)n21. The number of ether oxygens (including phenoxy) is 1. The van der Waals surface area contributed by atoms with Gasteiger partial charge < -0.3 is 9.84 Å². The van der Waals surface area contributed by atoms with Crippen LogP contribution < -0.4 is 10.9 Å². The second-order valence-corrected chi connectivity index (χ2v) is 6.24. The van der Waals surface area contributed by atoms with Crippen molar-refractivity contribution in [3.8, 4) is 0 Å². The molecule has 1 aromatic heterocycles. The summed E-state index contributed by atoms with van der Waals surface area (Å²) in [6.45, 7) is 3.63. The van der Waals surface area contributed by atoms with Gasteiger partial charge in [-0.15, -0.1) is 6.58 Å². The molecule has 27 heavy (non-hydrogen) atoms. The van der Waals surface area contributed by atoms with E-state index in [1.165, 1.54) is 12.3 Å². The number of nitrogens with one attached hydrogen (secondary N) is 1. The van der Waals surface area contributed by atoms with Crippen molar-refractivity contribution in [3.05, 3.63) is 70.9 Å². The van der Waals surface area contributed by atoms with Gasteiger partial charge >= 0.3 is 12.1 Å². The number of aromatic nitrogens is 2. The third-order valence-electron chi connectivity index (χ3n) is 4.55. The van der Waals surface area contributed by atoms with Crippen molar-refractivity contribution in [2.24, 2.45) is 0 Å². The number of nitrogens with zero attached hydrogens (tertiary/aromatic N) is 2. The van der Waals surface area contributed by atoms with E-state index in [1.54, 1.807) is 12.1 Å². The number of fused-ring (bicyclic) bond motifs is 1. The summed E-state index contributed by atoms with van der Waals surface area (Å²) in [5.41, 5.74) is -1.40. The number of carbonyl (C=O) groups excluding carboxylic acids is 1. The fourth-order valence-corrected chi connectivity index (χ4v) is 3.21. The molecule has 0 radical (unpaired) electrons. The van der Waals surface area contributed by atoms with E-state index in [4.69, 9.17) is 4.74 Å². The van der Waals surface area contributed by atoms with Gasteiger partial charge in [-0.05, 0) is 18.4 Å². The third kappa shape index (κ3) is 3.46. The zero-order chi connectivity index (χ0) is 19.4. The predicted octanol–water partition coefficient (Wildman–Crippen LogP) is 2.29. The van der Waals surface area contributed by atoms with Crippen LogP contribution in [0.3, 0.4) is 0 Å². The van der Waals surface area contributed by atoms with Crippen molar-refractivity contribution in [2.75, 3.05) is 5.32 Å². The minimum atomic E-state index is -1.44. The largest absolute Gasteiger partial charge is 0.479 e. The Morgan fingerprint density at radius 3 is 2.78 bits per heavy atom. The number of anilines is 1. The van der Waals surface area contributed by atoms with Gasteiger partial charge in [0.05, 0.1) is 6.20 Å². The van der Waals surface area contributed by atoms with E-state index in [0.29, 0.717) is 12.2 Å². The Morgan fingerprint density at radius 1 is 1.37 bits per heavy atom. The van der Waals surface area contributed by atoms with E-state index in [9.17, 15) is 19.5 Å². The maximum absolute atomic E-state index is 12.8. The number of aliphatic carboxylic acids is 1. The second-order valence-electron chi connectivity index (χ2n) is 6.24. The van der Waals surface area contributed by atoms with E-state index in [1.807, 2.05) is 18.2 Å². The molecular weight excluding hydrogens is 350 g/mol. The number of amides is 1. The minimum Gasteiger partial charge on any atom is -0.479 e. The number of carboxylic acid groups (broad SMARTS) is 1. The third-order valence-corrected chi connectivity index (χ3v) is 4.55. The molecule has 0 bridgehead atoms. The van der Waals surface area contributed by atoms with Crippen LogP contribution in [0.4, 0.5) is 10.5 Å². The number of aryl methyl sites for hydroxylation is 1. The molecule has 2 aromatic rings. The highest BCUT2D eigenvalue weighted by atomic mass is 16.5. The molecule has 1 unspecified atom stereocenters. The van der Waals surface area contributed by atoms with Crippen LogP contribution in [0.5, 0.6) is 0 Å². The van der Waals surface area contributed by atoms with Crippen LogP contribution in [0.15, 0.2) is 54.0 Å². The van der Waals surface area contributed by atoms with Crippen molar-refractivity contribution >= 4 is 17.7 Å². The molecule has 2 N–H and O–H groups in total. The number of rotatable bonds is 6. The highest BCUT2D eigenvalue weighted by Crippen LogP contribution is 2.33. The second kappa shape index (κ2) is 7.45. The molecule has 8 nitrogen and oxygen atoms in total. The number of allylic oxidation sites excluding steroid dienone is 1. The standard InChI is InChI=1S/C19H19N3O5/c1-2-9-19(17(24)25)10-8-15-20-11-14(16(23)22(15)19)21-18(26)27-12-13-6-4-3-5-7-13/h2-7,11H,1,8-10,12H2,(H,21,26)(H,24,25). The van der Waals surface area contributed by atoms with Crippen LogP contribution in [-0.4, -0.2) is 26.7 Å². The lowest BCUT2D eigenvalue weighted by molar-refractivity contribution is -0.147. The first-order valence-electron chi connectivity index (χ1n) is 8.41. The first-order chi connectivity index (χ1) is 13.0. The van der Waals surface area contributed by atoms with Gasteiger partial charge in [0.2, 0.25) is 0 Å². The molecule has 2 heterocycles. The first kappa shape index (κ1) is 18.4. The molecule has 3 rings (SSSR count). The normalized spacial score (nSPS) is 17.8. The Kier molecular flexibility index (Phi) is 5.07. The molecule has 1 amide bonds. The Labute approximate surface area is 155 Å². The summed E-state index contributed by atoms with van der Waals surface area (Å²) < 4.78 is 6.24. The molecule has 140 valence electrons. The Bertz CT molecular complexity index is 938. The molecule has 0 aliphatic carbocycles. The van der Waals surface area contributed by atoms with Crippen molar-refractivity contribution in [2.45, 2.75) is 31.4 Å². The van der Waals surface area contributed by atoms with Crippen LogP contribution in [-0.2, 0) is 28.1 Å². The lowest BCUT2D eigenvalue weighted by Crippen LogP contribution is -2.45. The van der Waals surface area contributed by atoms with Crippen LogP contribution >= 0.6 is 0 Å². The molecule has 1 aromatic carbocycles. The van der Waals surface area contributed by atoms with Crippen molar-refractivity contribution in [1.82, 2.24) is 9.55 Å². The fourth-order valence-electron chi connectivity index (χ4n) is 3.21. The van der Waals surface area contributed by atoms with Crippen molar-refractivity contribution < 1.29 is 19.4 Å². The average Bonchev–Trinajstić information content (AvgIpc) is 3.04. The molecule has 0 fully saturated rings. The molecule has 8 heteroatoms. The van der Waals surface area contributed by atoms with Crippen molar-refractivity contribution in [3.63, 3.8) is 0 Å². The molecule has 1 atom stereocenters. The predicted molar refractivity (Wildman–Crippen MR) is 97.5 cm³/mol. The smallest absolute Gasteiger partial charge is 0.412 e. The van der Waals surface area contributed by atoms with Crippen LogP contribution in [0, 0.1) is 0 Å². The van der Waals surface area contributed by atoms with E-state index in [0.717, 1.165) is 10.1 Å². The quantitative estimate of drug-likeness (QED) is 0.756. The summed E-state index contributed by atoms with van der Waals surface area (Å²) in [6.07, 6.45) is 2.54. The zero-order valence-electron chi connectivity index (χ0n) is 14.6. The van der Waals surface area contributed by atoms with Gasteiger partial charge in [-0.2, -0.15) is 0 Å². The fraction of sp³-hybridized carbons (Fsp3) is 0.263. The summed E-state index contributed by atoms with van der Waals surface area (Å²) in [6, 6.07) is 9.08. The van der Waals surface area contributed by atoms with Crippen LogP contribution in [0.1, 0.15) is 24.2 Å². The monoisotopic (exact) mass is 369 g/mol. The maximum atomic E-state index is 12.8.